The molecule has 0 saturated heterocycles. The van der Waals surface area contributed by atoms with Crippen LogP contribution in [0.4, 0.5) is 5.82 Å². The third kappa shape index (κ3) is 2.66. The Kier molecular flexibility index (Phi) is 3.46. The molecular formula is C13H12ClN3. The molecule has 1 atom stereocenters. The van der Waals surface area contributed by atoms with Crippen molar-refractivity contribution in [3.63, 3.8) is 0 Å². The van der Waals surface area contributed by atoms with Gasteiger partial charge in [-0.25, -0.2) is 9.97 Å². The SMILES string of the molecule is C#CCC(C)Nc1nc(Cl)nc2ccccc12. The summed E-state index contributed by atoms with van der Waals surface area (Å²) in [6.07, 6.45) is 5.91. The summed E-state index contributed by atoms with van der Waals surface area (Å²) in [6.45, 7) is 2.00. The van der Waals surface area contributed by atoms with Crippen LogP contribution in [0.25, 0.3) is 10.9 Å². The van der Waals surface area contributed by atoms with Gasteiger partial charge in [-0.1, -0.05) is 12.1 Å². The van der Waals surface area contributed by atoms with E-state index in [0.717, 1.165) is 16.7 Å². The fourth-order valence-corrected chi connectivity index (χ4v) is 1.80. The largest absolute Gasteiger partial charge is 0.366 e. The Morgan fingerprint density at radius 1 is 1.41 bits per heavy atom. The van der Waals surface area contributed by atoms with Crippen molar-refractivity contribution in [1.29, 1.82) is 0 Å². The number of terminal acetylenes is 1. The number of benzene rings is 1. The van der Waals surface area contributed by atoms with Crippen molar-refractivity contribution in [2.45, 2.75) is 19.4 Å². The molecule has 4 heteroatoms. The van der Waals surface area contributed by atoms with Crippen LogP contribution in [0.15, 0.2) is 24.3 Å². The molecule has 3 nitrogen and oxygen atoms in total. The molecule has 86 valence electrons. The summed E-state index contributed by atoms with van der Waals surface area (Å²) in [5.74, 6) is 3.34. The summed E-state index contributed by atoms with van der Waals surface area (Å²) >= 11 is 5.88. The van der Waals surface area contributed by atoms with E-state index in [1.165, 1.54) is 0 Å². The fraction of sp³-hybridized carbons (Fsp3) is 0.231. The highest BCUT2D eigenvalue weighted by Crippen LogP contribution is 2.22. The molecule has 1 aromatic carbocycles. The summed E-state index contributed by atoms with van der Waals surface area (Å²) < 4.78 is 0. The Labute approximate surface area is 105 Å². The molecule has 2 aromatic rings. The van der Waals surface area contributed by atoms with Crippen LogP contribution in [0.2, 0.25) is 5.28 Å². The lowest BCUT2D eigenvalue weighted by atomic mass is 10.2. The highest BCUT2D eigenvalue weighted by Gasteiger charge is 2.08. The summed E-state index contributed by atoms with van der Waals surface area (Å²) in [4.78, 5) is 8.36. The number of nitrogens with one attached hydrogen (secondary N) is 1. The maximum absolute atomic E-state index is 5.88. The lowest BCUT2D eigenvalue weighted by Crippen LogP contribution is -2.15. The van der Waals surface area contributed by atoms with Crippen molar-refractivity contribution in [3.8, 4) is 12.3 Å². The molecule has 0 aliphatic heterocycles. The highest BCUT2D eigenvalue weighted by molar-refractivity contribution is 6.28. The van der Waals surface area contributed by atoms with Gasteiger partial charge in [-0.05, 0) is 30.7 Å². The lowest BCUT2D eigenvalue weighted by Gasteiger charge is -2.13. The minimum atomic E-state index is 0.148. The number of hydrogen-bond donors (Lipinski definition) is 1. The first-order valence-corrected chi connectivity index (χ1v) is 5.71. The Hall–Kier alpha value is -1.79. The van der Waals surface area contributed by atoms with Crippen molar-refractivity contribution >= 4 is 28.3 Å². The van der Waals surface area contributed by atoms with Gasteiger partial charge in [0.1, 0.15) is 5.82 Å². The summed E-state index contributed by atoms with van der Waals surface area (Å²) in [6, 6.07) is 7.86. The van der Waals surface area contributed by atoms with Crippen LogP contribution >= 0.6 is 11.6 Å². The number of rotatable bonds is 3. The number of fused-ring (bicyclic) bond motifs is 1. The Morgan fingerprint density at radius 3 is 2.94 bits per heavy atom. The van der Waals surface area contributed by atoms with Crippen LogP contribution in [-0.4, -0.2) is 16.0 Å². The molecule has 0 aliphatic carbocycles. The molecule has 0 saturated carbocycles. The van der Waals surface area contributed by atoms with E-state index in [4.69, 9.17) is 18.0 Å². The standard InChI is InChI=1S/C13H12ClN3/c1-3-6-9(2)15-12-10-7-4-5-8-11(10)16-13(14)17-12/h1,4-5,7-9H,6H2,2H3,(H,15,16,17). The summed E-state index contributed by atoms with van der Waals surface area (Å²) in [7, 11) is 0. The average Bonchev–Trinajstić information content (AvgIpc) is 2.29. The molecule has 0 fully saturated rings. The van der Waals surface area contributed by atoms with Crippen molar-refractivity contribution < 1.29 is 0 Å². The number of anilines is 1. The van der Waals surface area contributed by atoms with Gasteiger partial charge in [-0.2, -0.15) is 0 Å². The van der Waals surface area contributed by atoms with Gasteiger partial charge in [0.2, 0.25) is 5.28 Å². The van der Waals surface area contributed by atoms with Crippen LogP contribution in [-0.2, 0) is 0 Å². The summed E-state index contributed by atoms with van der Waals surface area (Å²) in [5.41, 5.74) is 0.822. The number of para-hydroxylation sites is 1. The van der Waals surface area contributed by atoms with E-state index < -0.39 is 0 Å². The van der Waals surface area contributed by atoms with E-state index in [0.29, 0.717) is 6.42 Å². The first-order chi connectivity index (χ1) is 8.20. The molecule has 1 N–H and O–H groups in total. The van der Waals surface area contributed by atoms with Crippen LogP contribution < -0.4 is 5.32 Å². The molecule has 2 rings (SSSR count). The fourth-order valence-electron chi connectivity index (χ4n) is 1.62. The zero-order valence-electron chi connectivity index (χ0n) is 9.44. The molecule has 0 bridgehead atoms. The van der Waals surface area contributed by atoms with E-state index in [2.05, 4.69) is 21.2 Å². The monoisotopic (exact) mass is 245 g/mol. The topological polar surface area (TPSA) is 37.8 Å². The second-order valence-electron chi connectivity index (χ2n) is 3.81. The number of hydrogen-bond acceptors (Lipinski definition) is 3. The normalized spacial score (nSPS) is 12.1. The minimum Gasteiger partial charge on any atom is -0.366 e. The maximum atomic E-state index is 5.88. The lowest BCUT2D eigenvalue weighted by molar-refractivity contribution is 0.823. The maximum Gasteiger partial charge on any atom is 0.224 e. The number of aromatic nitrogens is 2. The van der Waals surface area contributed by atoms with Crippen LogP contribution in [0.3, 0.4) is 0 Å². The molecule has 1 unspecified atom stereocenters. The zero-order valence-corrected chi connectivity index (χ0v) is 10.2. The number of nitrogens with zero attached hydrogens (tertiary/aromatic N) is 2. The third-order valence-corrected chi connectivity index (χ3v) is 2.55. The van der Waals surface area contributed by atoms with Crippen LogP contribution in [0.5, 0.6) is 0 Å². The molecule has 17 heavy (non-hydrogen) atoms. The van der Waals surface area contributed by atoms with Gasteiger partial charge >= 0.3 is 0 Å². The van der Waals surface area contributed by atoms with Crippen molar-refractivity contribution in [1.82, 2.24) is 9.97 Å². The molecule has 0 aliphatic rings. The second kappa shape index (κ2) is 5.03. The minimum absolute atomic E-state index is 0.148. The quantitative estimate of drug-likeness (QED) is 0.667. The third-order valence-electron chi connectivity index (χ3n) is 2.38. The predicted molar refractivity (Wildman–Crippen MR) is 71.1 cm³/mol. The molecule has 0 radical (unpaired) electrons. The van der Waals surface area contributed by atoms with Gasteiger partial charge in [0, 0.05) is 17.8 Å². The smallest absolute Gasteiger partial charge is 0.224 e. The van der Waals surface area contributed by atoms with Crippen molar-refractivity contribution in [3.05, 3.63) is 29.5 Å². The van der Waals surface area contributed by atoms with Crippen LogP contribution in [0, 0.1) is 12.3 Å². The zero-order chi connectivity index (χ0) is 12.3. The number of halogens is 1. The summed E-state index contributed by atoms with van der Waals surface area (Å²) in [5, 5.41) is 4.43. The van der Waals surface area contributed by atoms with Crippen LogP contribution in [0.1, 0.15) is 13.3 Å². The molecule has 1 heterocycles. The van der Waals surface area contributed by atoms with Gasteiger partial charge in [-0.3, -0.25) is 0 Å². The molecule has 0 amide bonds. The Bertz CT molecular complexity index is 574. The van der Waals surface area contributed by atoms with Crippen molar-refractivity contribution in [2.75, 3.05) is 5.32 Å². The van der Waals surface area contributed by atoms with E-state index in [1.54, 1.807) is 0 Å². The average molecular weight is 246 g/mol. The van der Waals surface area contributed by atoms with Gasteiger partial charge in [0.05, 0.1) is 5.52 Å². The van der Waals surface area contributed by atoms with Gasteiger partial charge in [0.15, 0.2) is 0 Å². The van der Waals surface area contributed by atoms with Crippen molar-refractivity contribution in [2.24, 2.45) is 0 Å². The van der Waals surface area contributed by atoms with E-state index in [-0.39, 0.29) is 11.3 Å². The Morgan fingerprint density at radius 2 is 2.18 bits per heavy atom. The molecule has 0 spiro atoms. The van der Waals surface area contributed by atoms with E-state index in [9.17, 15) is 0 Å². The first-order valence-electron chi connectivity index (χ1n) is 5.33. The van der Waals surface area contributed by atoms with E-state index in [1.807, 2.05) is 31.2 Å². The molecule has 1 aromatic heterocycles. The first kappa shape index (κ1) is 11.7. The van der Waals surface area contributed by atoms with E-state index >= 15 is 0 Å². The second-order valence-corrected chi connectivity index (χ2v) is 4.15. The Balaban J connectivity index is 2.42. The molecular weight excluding hydrogens is 234 g/mol. The highest BCUT2D eigenvalue weighted by atomic mass is 35.5. The van der Waals surface area contributed by atoms with Gasteiger partial charge in [-0.15, -0.1) is 12.3 Å². The van der Waals surface area contributed by atoms with Gasteiger partial charge < -0.3 is 5.32 Å². The van der Waals surface area contributed by atoms with Gasteiger partial charge in [0.25, 0.3) is 0 Å². The predicted octanol–water partition coefficient (Wildman–Crippen LogP) is 3.11.